The molecule has 1 saturated carbocycles. The first-order chi connectivity index (χ1) is 12.4. The SMILES string of the molecule is c1cc2c(ncn3nnc(C4CCC(CN5CCSCC5)CC4)c23)[nH]1. The molecule has 0 atom stereocenters. The van der Waals surface area contributed by atoms with Gasteiger partial charge >= 0.3 is 0 Å². The lowest BCUT2D eigenvalue weighted by Crippen LogP contribution is -2.37. The molecule has 1 saturated heterocycles. The van der Waals surface area contributed by atoms with E-state index in [1.165, 1.54) is 62.5 Å². The first-order valence-corrected chi connectivity index (χ1v) is 10.5. The maximum absolute atomic E-state index is 4.54. The maximum Gasteiger partial charge on any atom is 0.141 e. The highest BCUT2D eigenvalue weighted by Gasteiger charge is 2.28. The van der Waals surface area contributed by atoms with Crippen LogP contribution in [0.2, 0.25) is 0 Å². The number of thioether (sulfide) groups is 1. The van der Waals surface area contributed by atoms with Crippen LogP contribution < -0.4 is 0 Å². The molecule has 2 aliphatic rings. The molecule has 1 aliphatic carbocycles. The molecule has 0 radical (unpaired) electrons. The highest BCUT2D eigenvalue weighted by Crippen LogP contribution is 2.38. The van der Waals surface area contributed by atoms with Crippen molar-refractivity contribution in [3.8, 4) is 0 Å². The van der Waals surface area contributed by atoms with E-state index in [0.717, 1.165) is 22.5 Å². The minimum atomic E-state index is 0.533. The molecule has 4 heterocycles. The Morgan fingerprint density at radius 2 is 2.00 bits per heavy atom. The molecular weight excluding hydrogens is 332 g/mol. The summed E-state index contributed by atoms with van der Waals surface area (Å²) in [5, 5.41) is 9.99. The Morgan fingerprint density at radius 3 is 2.84 bits per heavy atom. The normalized spacial score (nSPS) is 25.8. The summed E-state index contributed by atoms with van der Waals surface area (Å²) in [6.07, 6.45) is 8.81. The van der Waals surface area contributed by atoms with Crippen molar-refractivity contribution in [3.63, 3.8) is 0 Å². The van der Waals surface area contributed by atoms with Gasteiger partial charge in [0.25, 0.3) is 0 Å². The third-order valence-corrected chi connectivity index (χ3v) is 6.79. The van der Waals surface area contributed by atoms with Gasteiger partial charge < -0.3 is 9.88 Å². The standard InChI is InChI=1S/C18H24N6S/c1-3-14(4-2-13(1)11-23-7-9-25-10-8-23)16-17-15-5-6-19-18(15)20-12-24(17)22-21-16/h5-6,12-14,19H,1-4,7-11H2. The predicted octanol–water partition coefficient (Wildman–Crippen LogP) is 2.93. The number of fused-ring (bicyclic) bond motifs is 3. The Labute approximate surface area is 151 Å². The first kappa shape index (κ1) is 15.6. The number of hydrogen-bond donors (Lipinski definition) is 1. The number of nitrogens with one attached hydrogen (secondary N) is 1. The zero-order chi connectivity index (χ0) is 16.6. The number of aromatic amines is 1. The lowest BCUT2D eigenvalue weighted by molar-refractivity contribution is 0.207. The number of nitrogens with zero attached hydrogens (tertiary/aromatic N) is 5. The van der Waals surface area contributed by atoms with Gasteiger partial charge in [-0.05, 0) is 37.7 Å². The van der Waals surface area contributed by atoms with E-state index in [2.05, 4.69) is 43.0 Å². The van der Waals surface area contributed by atoms with Crippen LogP contribution in [0.4, 0.5) is 0 Å². The van der Waals surface area contributed by atoms with Crippen molar-refractivity contribution >= 4 is 28.3 Å². The van der Waals surface area contributed by atoms with Crippen LogP contribution in [-0.2, 0) is 0 Å². The van der Waals surface area contributed by atoms with Crippen LogP contribution in [0.25, 0.3) is 16.6 Å². The second-order valence-electron chi connectivity index (χ2n) is 7.38. The van der Waals surface area contributed by atoms with Crippen LogP contribution >= 0.6 is 11.8 Å². The van der Waals surface area contributed by atoms with Gasteiger partial charge in [-0.3, -0.25) is 0 Å². The molecule has 3 aromatic heterocycles. The van der Waals surface area contributed by atoms with Crippen molar-refractivity contribution < 1.29 is 0 Å². The van der Waals surface area contributed by atoms with Gasteiger partial charge in [0.1, 0.15) is 17.5 Å². The van der Waals surface area contributed by atoms with Crippen molar-refractivity contribution in [1.29, 1.82) is 0 Å². The third-order valence-electron chi connectivity index (χ3n) is 5.85. The molecule has 25 heavy (non-hydrogen) atoms. The van der Waals surface area contributed by atoms with Gasteiger partial charge in [-0.1, -0.05) is 5.21 Å². The van der Waals surface area contributed by atoms with Gasteiger partial charge in [0, 0.05) is 48.6 Å². The smallest absolute Gasteiger partial charge is 0.141 e. The Morgan fingerprint density at radius 1 is 1.16 bits per heavy atom. The molecule has 0 aromatic carbocycles. The van der Waals surface area contributed by atoms with Crippen LogP contribution in [0, 0.1) is 5.92 Å². The summed E-state index contributed by atoms with van der Waals surface area (Å²) in [7, 11) is 0. The van der Waals surface area contributed by atoms with E-state index in [-0.39, 0.29) is 0 Å². The molecule has 0 unspecified atom stereocenters. The molecule has 5 rings (SSSR count). The van der Waals surface area contributed by atoms with Gasteiger partial charge in [0.2, 0.25) is 0 Å². The number of H-pyrrole nitrogens is 1. The highest BCUT2D eigenvalue weighted by molar-refractivity contribution is 7.99. The third kappa shape index (κ3) is 2.93. The van der Waals surface area contributed by atoms with E-state index >= 15 is 0 Å². The molecule has 3 aromatic rings. The summed E-state index contributed by atoms with van der Waals surface area (Å²) in [6.45, 7) is 3.85. The number of hydrogen-bond acceptors (Lipinski definition) is 5. The quantitative estimate of drug-likeness (QED) is 0.782. The van der Waals surface area contributed by atoms with Gasteiger partial charge in [-0.15, -0.1) is 5.10 Å². The average molecular weight is 356 g/mol. The van der Waals surface area contributed by atoms with Gasteiger partial charge in [0.05, 0.1) is 5.69 Å². The highest BCUT2D eigenvalue weighted by atomic mass is 32.2. The topological polar surface area (TPSA) is 62.1 Å². The largest absolute Gasteiger partial charge is 0.346 e. The molecule has 7 heteroatoms. The zero-order valence-corrected chi connectivity index (χ0v) is 15.2. The minimum Gasteiger partial charge on any atom is -0.346 e. The van der Waals surface area contributed by atoms with Crippen LogP contribution in [0.5, 0.6) is 0 Å². The lowest BCUT2D eigenvalue weighted by Gasteiger charge is -2.33. The van der Waals surface area contributed by atoms with Gasteiger partial charge in [-0.2, -0.15) is 11.8 Å². The Hall–Kier alpha value is -1.60. The molecule has 0 bridgehead atoms. The second-order valence-corrected chi connectivity index (χ2v) is 8.61. The molecule has 0 spiro atoms. The molecular formula is C18H24N6S. The van der Waals surface area contributed by atoms with E-state index in [9.17, 15) is 0 Å². The fraction of sp³-hybridized carbons (Fsp3) is 0.611. The summed E-state index contributed by atoms with van der Waals surface area (Å²) < 4.78 is 1.84. The predicted molar refractivity (Wildman–Crippen MR) is 101 cm³/mol. The van der Waals surface area contributed by atoms with Crippen LogP contribution in [0.1, 0.15) is 37.3 Å². The van der Waals surface area contributed by atoms with Crippen molar-refractivity contribution in [3.05, 3.63) is 24.3 Å². The monoisotopic (exact) mass is 356 g/mol. The van der Waals surface area contributed by atoms with E-state index < -0.39 is 0 Å². The zero-order valence-electron chi connectivity index (χ0n) is 14.4. The van der Waals surface area contributed by atoms with Crippen LogP contribution in [-0.4, -0.2) is 60.8 Å². The first-order valence-electron chi connectivity index (χ1n) is 9.35. The summed E-state index contributed by atoms with van der Waals surface area (Å²) in [5.74, 6) is 4.01. The van der Waals surface area contributed by atoms with E-state index in [4.69, 9.17) is 0 Å². The van der Waals surface area contributed by atoms with Crippen molar-refractivity contribution in [2.45, 2.75) is 31.6 Å². The lowest BCUT2D eigenvalue weighted by atomic mass is 9.80. The molecule has 2 fully saturated rings. The summed E-state index contributed by atoms with van der Waals surface area (Å²) in [6, 6.07) is 2.09. The Kier molecular flexibility index (Phi) is 4.13. The van der Waals surface area contributed by atoms with Crippen molar-refractivity contribution in [2.24, 2.45) is 5.92 Å². The number of rotatable bonds is 3. The fourth-order valence-corrected chi connectivity index (χ4v) is 5.44. The Bertz CT molecular complexity index is 857. The minimum absolute atomic E-state index is 0.533. The fourth-order valence-electron chi connectivity index (χ4n) is 4.46. The molecule has 0 amide bonds. The molecule has 132 valence electrons. The average Bonchev–Trinajstić information content (AvgIpc) is 3.29. The van der Waals surface area contributed by atoms with Crippen molar-refractivity contribution in [2.75, 3.05) is 31.1 Å². The summed E-state index contributed by atoms with van der Waals surface area (Å²) >= 11 is 2.10. The van der Waals surface area contributed by atoms with E-state index in [0.29, 0.717) is 5.92 Å². The molecule has 1 aliphatic heterocycles. The Balaban J connectivity index is 1.32. The summed E-state index contributed by atoms with van der Waals surface area (Å²) in [5.41, 5.74) is 3.23. The summed E-state index contributed by atoms with van der Waals surface area (Å²) in [4.78, 5) is 10.3. The van der Waals surface area contributed by atoms with Gasteiger partial charge in [-0.25, -0.2) is 9.50 Å². The molecule has 1 N–H and O–H groups in total. The van der Waals surface area contributed by atoms with Crippen molar-refractivity contribution in [1.82, 2.24) is 29.7 Å². The van der Waals surface area contributed by atoms with Gasteiger partial charge in [0.15, 0.2) is 0 Å². The van der Waals surface area contributed by atoms with E-state index in [1.807, 2.05) is 10.7 Å². The van der Waals surface area contributed by atoms with Crippen LogP contribution in [0.3, 0.4) is 0 Å². The number of aromatic nitrogens is 5. The molecule has 6 nitrogen and oxygen atoms in total. The van der Waals surface area contributed by atoms with E-state index in [1.54, 1.807) is 6.33 Å². The maximum atomic E-state index is 4.54. The second kappa shape index (κ2) is 6.61. The van der Waals surface area contributed by atoms with Crippen LogP contribution in [0.15, 0.2) is 18.6 Å².